The molecule has 3 aromatic rings. The van der Waals surface area contributed by atoms with Gasteiger partial charge in [-0.2, -0.15) is 4.98 Å². The van der Waals surface area contributed by atoms with Crippen LogP contribution in [0, 0.1) is 17.0 Å². The summed E-state index contributed by atoms with van der Waals surface area (Å²) in [7, 11) is 0. The van der Waals surface area contributed by atoms with E-state index in [1.54, 1.807) is 25.1 Å². The Kier molecular flexibility index (Phi) is 3.65. The molecule has 0 unspecified atom stereocenters. The van der Waals surface area contributed by atoms with Crippen molar-refractivity contribution < 1.29 is 9.45 Å². The second kappa shape index (κ2) is 5.76. The first-order valence-electron chi connectivity index (χ1n) is 6.70. The van der Waals surface area contributed by atoms with Gasteiger partial charge in [-0.3, -0.25) is 10.1 Å². The third-order valence-electron chi connectivity index (χ3n) is 3.10. The predicted octanol–water partition coefficient (Wildman–Crippen LogP) is 2.49. The lowest BCUT2D eigenvalue weighted by atomic mass is 10.2. The first-order chi connectivity index (χ1) is 10.6. The quantitative estimate of drug-likeness (QED) is 0.569. The highest BCUT2D eigenvalue weighted by molar-refractivity contribution is 5.82. The molecular formula is C14H13N5O3. The molecule has 0 fully saturated rings. The highest BCUT2D eigenvalue weighted by atomic mass is 16.6. The van der Waals surface area contributed by atoms with Crippen LogP contribution in [0.4, 0.5) is 11.5 Å². The normalized spacial score (nSPS) is 10.8. The van der Waals surface area contributed by atoms with Gasteiger partial charge in [0, 0.05) is 30.5 Å². The number of nitro benzene ring substituents is 1. The Hall–Kier alpha value is -3.03. The molecular weight excluding hydrogens is 286 g/mol. The smallest absolute Gasteiger partial charge is 0.270 e. The standard InChI is InChI=1S/C14H13N5O3/c1-9-16-14(22-18-9)6-7-15-13-5-2-10-8-11(19(20)21)3-4-12(10)17-13/h2-5,8H,6-7H2,1H3,(H,15,17). The molecule has 0 saturated heterocycles. The van der Waals surface area contributed by atoms with Gasteiger partial charge < -0.3 is 9.84 Å². The van der Waals surface area contributed by atoms with Crippen LogP contribution in [0.2, 0.25) is 0 Å². The fraction of sp³-hybridized carbons (Fsp3) is 0.214. The van der Waals surface area contributed by atoms with E-state index in [1.165, 1.54) is 12.1 Å². The van der Waals surface area contributed by atoms with Crippen molar-refractivity contribution in [3.8, 4) is 0 Å². The minimum atomic E-state index is -0.419. The number of nitrogens with zero attached hydrogens (tertiary/aromatic N) is 4. The fourth-order valence-corrected chi connectivity index (χ4v) is 2.06. The second-order valence-electron chi connectivity index (χ2n) is 4.74. The molecule has 2 aromatic heterocycles. The average molecular weight is 299 g/mol. The van der Waals surface area contributed by atoms with Crippen molar-refractivity contribution in [3.05, 3.63) is 52.2 Å². The van der Waals surface area contributed by atoms with E-state index in [4.69, 9.17) is 4.52 Å². The van der Waals surface area contributed by atoms with Crippen LogP contribution in [-0.4, -0.2) is 26.6 Å². The highest BCUT2D eigenvalue weighted by Gasteiger charge is 2.07. The van der Waals surface area contributed by atoms with Crippen LogP contribution in [-0.2, 0) is 6.42 Å². The minimum absolute atomic E-state index is 0.0572. The molecule has 0 radical (unpaired) electrons. The summed E-state index contributed by atoms with van der Waals surface area (Å²) < 4.78 is 5.02. The van der Waals surface area contributed by atoms with Gasteiger partial charge in [0.25, 0.3) is 5.69 Å². The van der Waals surface area contributed by atoms with Crippen LogP contribution in [0.25, 0.3) is 10.9 Å². The van der Waals surface area contributed by atoms with Gasteiger partial charge in [-0.25, -0.2) is 4.98 Å². The molecule has 22 heavy (non-hydrogen) atoms. The Labute approximate surface area is 125 Å². The number of rotatable bonds is 5. The number of nitro groups is 1. The molecule has 8 heteroatoms. The number of anilines is 1. The van der Waals surface area contributed by atoms with Gasteiger partial charge in [0.1, 0.15) is 5.82 Å². The van der Waals surface area contributed by atoms with Crippen molar-refractivity contribution in [3.63, 3.8) is 0 Å². The second-order valence-corrected chi connectivity index (χ2v) is 4.74. The van der Waals surface area contributed by atoms with E-state index in [0.29, 0.717) is 36.0 Å². The summed E-state index contributed by atoms with van der Waals surface area (Å²) in [5.41, 5.74) is 0.756. The van der Waals surface area contributed by atoms with E-state index in [0.717, 1.165) is 5.39 Å². The molecule has 0 aliphatic carbocycles. The summed E-state index contributed by atoms with van der Waals surface area (Å²) in [4.78, 5) is 18.9. The van der Waals surface area contributed by atoms with Crippen LogP contribution in [0.1, 0.15) is 11.7 Å². The summed E-state index contributed by atoms with van der Waals surface area (Å²) in [5.74, 6) is 1.87. The first-order valence-corrected chi connectivity index (χ1v) is 6.70. The molecule has 0 spiro atoms. The maximum Gasteiger partial charge on any atom is 0.270 e. The van der Waals surface area contributed by atoms with Crippen molar-refractivity contribution in [1.82, 2.24) is 15.1 Å². The molecule has 1 N–H and O–H groups in total. The Morgan fingerprint density at radius 2 is 2.14 bits per heavy atom. The van der Waals surface area contributed by atoms with Crippen molar-refractivity contribution in [2.24, 2.45) is 0 Å². The van der Waals surface area contributed by atoms with E-state index >= 15 is 0 Å². The molecule has 2 heterocycles. The van der Waals surface area contributed by atoms with Gasteiger partial charge in [0.05, 0.1) is 10.4 Å². The van der Waals surface area contributed by atoms with Crippen molar-refractivity contribution in [2.75, 3.05) is 11.9 Å². The number of pyridine rings is 1. The molecule has 0 saturated carbocycles. The predicted molar refractivity (Wildman–Crippen MR) is 79.6 cm³/mol. The fourth-order valence-electron chi connectivity index (χ4n) is 2.06. The number of non-ortho nitro benzene ring substituents is 1. The maximum atomic E-state index is 10.7. The van der Waals surface area contributed by atoms with Crippen LogP contribution in [0.15, 0.2) is 34.9 Å². The number of hydrogen-bond donors (Lipinski definition) is 1. The lowest BCUT2D eigenvalue weighted by Crippen LogP contribution is -2.06. The molecule has 112 valence electrons. The monoisotopic (exact) mass is 299 g/mol. The number of aryl methyl sites for hydroxylation is 1. The van der Waals surface area contributed by atoms with Crippen LogP contribution in [0.5, 0.6) is 0 Å². The first kappa shape index (κ1) is 13.9. The molecule has 0 atom stereocenters. The summed E-state index contributed by atoms with van der Waals surface area (Å²) in [6.07, 6.45) is 0.598. The van der Waals surface area contributed by atoms with Gasteiger partial charge in [0.2, 0.25) is 5.89 Å². The average Bonchev–Trinajstić information content (AvgIpc) is 2.92. The number of aromatic nitrogens is 3. The summed E-state index contributed by atoms with van der Waals surface area (Å²) in [6.45, 7) is 2.37. The van der Waals surface area contributed by atoms with E-state index in [2.05, 4.69) is 20.4 Å². The van der Waals surface area contributed by atoms with E-state index < -0.39 is 4.92 Å². The van der Waals surface area contributed by atoms with Crippen molar-refractivity contribution in [1.29, 1.82) is 0 Å². The molecule has 0 amide bonds. The van der Waals surface area contributed by atoms with Gasteiger partial charge in [-0.1, -0.05) is 5.16 Å². The van der Waals surface area contributed by atoms with Crippen molar-refractivity contribution in [2.45, 2.75) is 13.3 Å². The Morgan fingerprint density at radius 3 is 2.86 bits per heavy atom. The third-order valence-corrected chi connectivity index (χ3v) is 3.10. The van der Waals surface area contributed by atoms with Crippen LogP contribution in [0.3, 0.4) is 0 Å². The Morgan fingerprint density at radius 1 is 1.27 bits per heavy atom. The Balaban J connectivity index is 1.69. The topological polar surface area (TPSA) is 107 Å². The highest BCUT2D eigenvalue weighted by Crippen LogP contribution is 2.21. The van der Waals surface area contributed by atoms with Crippen LogP contribution >= 0.6 is 0 Å². The molecule has 3 rings (SSSR count). The number of fused-ring (bicyclic) bond motifs is 1. The summed E-state index contributed by atoms with van der Waals surface area (Å²) in [6, 6.07) is 8.17. The minimum Gasteiger partial charge on any atom is -0.370 e. The summed E-state index contributed by atoms with van der Waals surface area (Å²) >= 11 is 0. The van der Waals surface area contributed by atoms with Gasteiger partial charge >= 0.3 is 0 Å². The zero-order valence-electron chi connectivity index (χ0n) is 11.8. The Bertz CT molecular complexity index is 830. The number of nitrogens with one attached hydrogen (secondary N) is 1. The zero-order valence-corrected chi connectivity index (χ0v) is 11.8. The van der Waals surface area contributed by atoms with Gasteiger partial charge in [-0.05, 0) is 25.1 Å². The molecule has 1 aromatic carbocycles. The third kappa shape index (κ3) is 3.00. The lowest BCUT2D eigenvalue weighted by Gasteiger charge is -2.05. The van der Waals surface area contributed by atoms with E-state index in [1.807, 2.05) is 0 Å². The lowest BCUT2D eigenvalue weighted by molar-refractivity contribution is -0.384. The molecule has 0 bridgehead atoms. The number of benzene rings is 1. The van der Waals surface area contributed by atoms with Crippen LogP contribution < -0.4 is 5.32 Å². The maximum absolute atomic E-state index is 10.7. The van der Waals surface area contributed by atoms with Gasteiger partial charge in [0.15, 0.2) is 5.82 Å². The van der Waals surface area contributed by atoms with Gasteiger partial charge in [-0.15, -0.1) is 0 Å². The summed E-state index contributed by atoms with van der Waals surface area (Å²) in [5, 5.41) is 18.4. The molecule has 0 aliphatic heterocycles. The molecule has 8 nitrogen and oxygen atoms in total. The van der Waals surface area contributed by atoms with E-state index in [-0.39, 0.29) is 5.69 Å². The largest absolute Gasteiger partial charge is 0.370 e. The van der Waals surface area contributed by atoms with Crippen molar-refractivity contribution >= 4 is 22.4 Å². The zero-order chi connectivity index (χ0) is 15.5. The number of hydrogen-bond acceptors (Lipinski definition) is 7. The SMILES string of the molecule is Cc1noc(CCNc2ccc3cc([N+](=O)[O-])ccc3n2)n1. The van der Waals surface area contributed by atoms with E-state index in [9.17, 15) is 10.1 Å². The molecule has 0 aliphatic rings.